The zero-order valence-electron chi connectivity index (χ0n) is 9.85. The Hall–Kier alpha value is -2.17. The third-order valence-corrected chi connectivity index (χ3v) is 2.69. The fourth-order valence-corrected chi connectivity index (χ4v) is 1.92. The molecule has 5 heteroatoms. The normalized spacial score (nSPS) is 10.5. The number of fused-ring (bicyclic) bond motifs is 1. The van der Waals surface area contributed by atoms with Gasteiger partial charge in [0, 0.05) is 11.6 Å². The number of aryl methyl sites for hydroxylation is 1. The van der Waals surface area contributed by atoms with E-state index in [1.165, 1.54) is 25.0 Å². The van der Waals surface area contributed by atoms with Crippen molar-refractivity contribution in [3.63, 3.8) is 0 Å². The van der Waals surface area contributed by atoms with Gasteiger partial charge >= 0.3 is 5.97 Å². The molecule has 0 saturated carbocycles. The van der Waals surface area contributed by atoms with Crippen molar-refractivity contribution in [1.82, 2.24) is 4.73 Å². The smallest absolute Gasteiger partial charge is 0.335 e. The Balaban J connectivity index is 2.84. The highest BCUT2D eigenvalue weighted by Gasteiger charge is 2.15. The molecule has 0 saturated heterocycles. The lowest BCUT2D eigenvalue weighted by Crippen LogP contribution is -2.04. The Labute approximate surface area is 98.1 Å². The Morgan fingerprint density at radius 1 is 1.35 bits per heavy atom. The first-order valence-electron chi connectivity index (χ1n) is 5.06. The Kier molecular flexibility index (Phi) is 2.67. The van der Waals surface area contributed by atoms with Gasteiger partial charge < -0.3 is 14.7 Å². The molecule has 0 amide bonds. The average molecular weight is 235 g/mol. The van der Waals surface area contributed by atoms with Crippen molar-refractivity contribution < 1.29 is 19.5 Å². The molecule has 0 atom stereocenters. The van der Waals surface area contributed by atoms with E-state index >= 15 is 0 Å². The van der Waals surface area contributed by atoms with Crippen LogP contribution in [0, 0.1) is 6.92 Å². The Morgan fingerprint density at radius 2 is 2.06 bits per heavy atom. The molecule has 1 aromatic carbocycles. The second-order valence-corrected chi connectivity index (χ2v) is 3.70. The summed E-state index contributed by atoms with van der Waals surface area (Å²) >= 11 is 0. The fraction of sp³-hybridized carbons (Fsp3) is 0.250. The highest BCUT2D eigenvalue weighted by Crippen LogP contribution is 2.31. The van der Waals surface area contributed by atoms with Crippen LogP contribution in [-0.2, 0) is 0 Å². The van der Waals surface area contributed by atoms with Gasteiger partial charge in [0.15, 0.2) is 0 Å². The number of nitrogens with zero attached hydrogens (tertiary/aromatic N) is 1. The van der Waals surface area contributed by atoms with Crippen molar-refractivity contribution >= 4 is 16.9 Å². The van der Waals surface area contributed by atoms with Gasteiger partial charge in [0.05, 0.1) is 18.2 Å². The highest BCUT2D eigenvalue weighted by atomic mass is 16.6. The number of carbonyl (C=O) groups is 1. The van der Waals surface area contributed by atoms with Crippen molar-refractivity contribution in [3.05, 3.63) is 29.5 Å². The van der Waals surface area contributed by atoms with Crippen LogP contribution in [0.3, 0.4) is 0 Å². The molecule has 2 rings (SSSR count). The van der Waals surface area contributed by atoms with E-state index in [1.807, 2.05) is 6.92 Å². The number of rotatable bonds is 3. The SMILES string of the molecule is COc1cc(C(=O)O)cc2c1c(C)cn2OC. The van der Waals surface area contributed by atoms with E-state index in [2.05, 4.69) is 0 Å². The van der Waals surface area contributed by atoms with E-state index in [1.54, 1.807) is 12.3 Å². The van der Waals surface area contributed by atoms with Gasteiger partial charge in [0.2, 0.25) is 0 Å². The van der Waals surface area contributed by atoms with Gasteiger partial charge in [-0.2, -0.15) is 4.73 Å². The predicted molar refractivity (Wildman–Crippen MR) is 62.7 cm³/mol. The number of aromatic carboxylic acids is 1. The molecule has 17 heavy (non-hydrogen) atoms. The second kappa shape index (κ2) is 4.01. The standard InChI is InChI=1S/C12H13NO4/c1-7-6-13(17-3)9-4-8(12(14)15)5-10(16-2)11(7)9/h4-6H,1-3H3,(H,14,15). The van der Waals surface area contributed by atoms with Crippen molar-refractivity contribution in [1.29, 1.82) is 0 Å². The average Bonchev–Trinajstić information content (AvgIpc) is 2.65. The Bertz CT molecular complexity index is 586. The third kappa shape index (κ3) is 1.69. The molecule has 0 spiro atoms. The molecule has 1 N–H and O–H groups in total. The summed E-state index contributed by atoms with van der Waals surface area (Å²) in [6.45, 7) is 1.92. The molecule has 0 aliphatic carbocycles. The highest BCUT2D eigenvalue weighted by molar-refractivity contribution is 5.98. The van der Waals surface area contributed by atoms with Gasteiger partial charge in [-0.3, -0.25) is 0 Å². The minimum atomic E-state index is -0.994. The van der Waals surface area contributed by atoms with Crippen molar-refractivity contribution in [2.24, 2.45) is 0 Å². The molecule has 0 aliphatic heterocycles. The monoisotopic (exact) mass is 235 g/mol. The summed E-state index contributed by atoms with van der Waals surface area (Å²) in [5.41, 5.74) is 1.82. The number of benzene rings is 1. The van der Waals surface area contributed by atoms with Gasteiger partial charge in [-0.05, 0) is 24.6 Å². The summed E-state index contributed by atoms with van der Waals surface area (Å²) in [7, 11) is 3.04. The van der Waals surface area contributed by atoms with E-state index in [0.29, 0.717) is 11.3 Å². The largest absolute Gasteiger partial charge is 0.496 e. The summed E-state index contributed by atoms with van der Waals surface area (Å²) in [4.78, 5) is 16.2. The molecule has 0 bridgehead atoms. The van der Waals surface area contributed by atoms with Crippen LogP contribution in [0.1, 0.15) is 15.9 Å². The number of hydrogen-bond acceptors (Lipinski definition) is 3. The summed E-state index contributed by atoms with van der Waals surface area (Å²) < 4.78 is 6.75. The lowest BCUT2D eigenvalue weighted by atomic mass is 10.1. The summed E-state index contributed by atoms with van der Waals surface area (Å²) in [6, 6.07) is 3.08. The third-order valence-electron chi connectivity index (χ3n) is 2.69. The summed E-state index contributed by atoms with van der Waals surface area (Å²) in [6.07, 6.45) is 1.79. The lowest BCUT2D eigenvalue weighted by Gasteiger charge is -2.07. The minimum absolute atomic E-state index is 0.172. The maximum atomic E-state index is 11.0. The van der Waals surface area contributed by atoms with Crippen molar-refractivity contribution in [2.75, 3.05) is 14.2 Å². The van der Waals surface area contributed by atoms with Crippen LogP contribution in [0.5, 0.6) is 5.75 Å². The van der Waals surface area contributed by atoms with Crippen LogP contribution in [-0.4, -0.2) is 30.0 Å². The minimum Gasteiger partial charge on any atom is -0.496 e. The number of aromatic nitrogens is 1. The van der Waals surface area contributed by atoms with Crippen LogP contribution < -0.4 is 9.57 Å². The molecule has 1 heterocycles. The number of hydrogen-bond donors (Lipinski definition) is 1. The van der Waals surface area contributed by atoms with Gasteiger partial charge in [-0.1, -0.05) is 0 Å². The molecule has 1 aromatic heterocycles. The van der Waals surface area contributed by atoms with Crippen molar-refractivity contribution in [2.45, 2.75) is 6.92 Å². The molecular weight excluding hydrogens is 222 g/mol. The zero-order valence-corrected chi connectivity index (χ0v) is 9.85. The molecule has 5 nitrogen and oxygen atoms in total. The van der Waals surface area contributed by atoms with E-state index < -0.39 is 5.97 Å². The van der Waals surface area contributed by atoms with Crippen LogP contribution in [0.2, 0.25) is 0 Å². The van der Waals surface area contributed by atoms with E-state index in [-0.39, 0.29) is 5.56 Å². The number of ether oxygens (including phenoxy) is 1. The molecule has 0 fully saturated rings. The first-order chi connectivity index (χ1) is 8.08. The first-order valence-corrected chi connectivity index (χ1v) is 5.06. The molecular formula is C12H13NO4. The number of methoxy groups -OCH3 is 1. The quantitative estimate of drug-likeness (QED) is 0.879. The second-order valence-electron chi connectivity index (χ2n) is 3.70. The van der Waals surface area contributed by atoms with Crippen LogP contribution in [0.15, 0.2) is 18.3 Å². The van der Waals surface area contributed by atoms with Gasteiger partial charge in [-0.25, -0.2) is 4.79 Å². The first kappa shape index (κ1) is 11.3. The zero-order chi connectivity index (χ0) is 12.6. The van der Waals surface area contributed by atoms with Crippen LogP contribution in [0.25, 0.3) is 10.9 Å². The maximum absolute atomic E-state index is 11.0. The van der Waals surface area contributed by atoms with Crippen LogP contribution in [0.4, 0.5) is 0 Å². The maximum Gasteiger partial charge on any atom is 0.335 e. The molecule has 2 aromatic rings. The topological polar surface area (TPSA) is 60.7 Å². The number of carboxylic acid groups (broad SMARTS) is 1. The molecule has 90 valence electrons. The lowest BCUT2D eigenvalue weighted by molar-refractivity contribution is 0.0696. The fourth-order valence-electron chi connectivity index (χ4n) is 1.92. The van der Waals surface area contributed by atoms with E-state index in [9.17, 15) is 4.79 Å². The van der Waals surface area contributed by atoms with Gasteiger partial charge in [-0.15, -0.1) is 0 Å². The summed E-state index contributed by atoms with van der Waals surface area (Å²) in [5, 5.41) is 9.89. The van der Waals surface area contributed by atoms with Crippen LogP contribution >= 0.6 is 0 Å². The van der Waals surface area contributed by atoms with E-state index in [4.69, 9.17) is 14.7 Å². The Morgan fingerprint density at radius 3 is 2.59 bits per heavy atom. The predicted octanol–water partition coefficient (Wildman–Crippen LogP) is 1.71. The van der Waals surface area contributed by atoms with Crippen molar-refractivity contribution in [3.8, 4) is 5.75 Å². The molecule has 0 aliphatic rings. The molecule has 0 radical (unpaired) electrons. The summed E-state index contributed by atoms with van der Waals surface area (Å²) in [5.74, 6) is -0.458. The number of carboxylic acids is 1. The van der Waals surface area contributed by atoms with Gasteiger partial charge in [0.1, 0.15) is 12.9 Å². The van der Waals surface area contributed by atoms with E-state index in [0.717, 1.165) is 10.9 Å². The van der Waals surface area contributed by atoms with Gasteiger partial charge in [0.25, 0.3) is 0 Å². The molecule has 0 unspecified atom stereocenters.